The Bertz CT molecular complexity index is 913. The largest absolute Gasteiger partial charge is 0.454 e. The number of carbonyl (C=O) groups excluding carboxylic acids is 1. The molecule has 1 heterocycles. The summed E-state index contributed by atoms with van der Waals surface area (Å²) in [5, 5.41) is 11.0. The molecule has 8 heteroatoms. The molecule has 0 saturated heterocycles. The quantitative estimate of drug-likeness (QED) is 0.423. The minimum Gasteiger partial charge on any atom is -0.454 e. The van der Waals surface area contributed by atoms with E-state index in [1.807, 2.05) is 25.1 Å². The van der Waals surface area contributed by atoms with E-state index in [1.165, 1.54) is 24.3 Å². The molecule has 0 saturated carbocycles. The van der Waals surface area contributed by atoms with Gasteiger partial charge in [-0.2, -0.15) is 0 Å². The van der Waals surface area contributed by atoms with E-state index in [2.05, 4.69) is 0 Å². The van der Waals surface area contributed by atoms with E-state index in [0.717, 1.165) is 5.56 Å². The number of nitro benzene ring substituents is 1. The van der Waals surface area contributed by atoms with E-state index >= 15 is 0 Å². The summed E-state index contributed by atoms with van der Waals surface area (Å²) >= 11 is 5.80. The fraction of sp³-hybridized carbons (Fsp3) is 0.211. The van der Waals surface area contributed by atoms with Gasteiger partial charge in [-0.25, -0.2) is 0 Å². The van der Waals surface area contributed by atoms with Crippen LogP contribution < -0.4 is 9.47 Å². The monoisotopic (exact) mass is 388 g/mol. The SMILES string of the molecule is CCN(Cc1ccc2c(c1)OCO2)C(=O)/C=C/c1ccc(Cl)c([N+](=O)[O-])c1. The zero-order valence-electron chi connectivity index (χ0n) is 14.6. The van der Waals surface area contributed by atoms with Gasteiger partial charge in [0.2, 0.25) is 12.7 Å². The molecule has 3 rings (SSSR count). The summed E-state index contributed by atoms with van der Waals surface area (Å²) < 4.78 is 10.6. The van der Waals surface area contributed by atoms with Crippen molar-refractivity contribution in [1.29, 1.82) is 0 Å². The van der Waals surface area contributed by atoms with Gasteiger partial charge < -0.3 is 14.4 Å². The zero-order valence-corrected chi connectivity index (χ0v) is 15.3. The smallest absolute Gasteiger partial charge is 0.288 e. The molecule has 0 unspecified atom stereocenters. The summed E-state index contributed by atoms with van der Waals surface area (Å²) in [5.41, 5.74) is 1.25. The van der Waals surface area contributed by atoms with Crippen molar-refractivity contribution in [3.63, 3.8) is 0 Å². The summed E-state index contributed by atoms with van der Waals surface area (Å²) in [6.07, 6.45) is 2.93. The second-order valence-electron chi connectivity index (χ2n) is 5.84. The molecule has 1 amide bonds. The van der Waals surface area contributed by atoms with Gasteiger partial charge in [0.05, 0.1) is 4.92 Å². The van der Waals surface area contributed by atoms with Gasteiger partial charge >= 0.3 is 0 Å². The molecule has 0 aromatic heterocycles. The average molecular weight is 389 g/mol. The number of likely N-dealkylation sites (N-methyl/N-ethyl adjacent to an activating group) is 1. The molecule has 0 fully saturated rings. The second-order valence-corrected chi connectivity index (χ2v) is 6.25. The van der Waals surface area contributed by atoms with E-state index in [4.69, 9.17) is 21.1 Å². The van der Waals surface area contributed by atoms with E-state index in [0.29, 0.717) is 30.2 Å². The highest BCUT2D eigenvalue weighted by molar-refractivity contribution is 6.32. The Morgan fingerprint density at radius 3 is 2.78 bits per heavy atom. The molecule has 0 atom stereocenters. The minimum absolute atomic E-state index is 0.0569. The number of rotatable bonds is 6. The van der Waals surface area contributed by atoms with Gasteiger partial charge in [0.15, 0.2) is 11.5 Å². The van der Waals surface area contributed by atoms with E-state index < -0.39 is 4.92 Å². The Kier molecular flexibility index (Phi) is 5.61. The molecule has 1 aliphatic heterocycles. The summed E-state index contributed by atoms with van der Waals surface area (Å²) in [4.78, 5) is 24.5. The van der Waals surface area contributed by atoms with Crippen LogP contribution in [-0.4, -0.2) is 29.1 Å². The summed E-state index contributed by atoms with van der Waals surface area (Å²) in [5.74, 6) is 1.16. The van der Waals surface area contributed by atoms with Crippen LogP contribution in [0, 0.1) is 10.1 Å². The number of amides is 1. The molecule has 0 radical (unpaired) electrons. The Labute approximate surface area is 160 Å². The molecular formula is C19H17ClN2O5. The number of nitro groups is 1. The van der Waals surface area contributed by atoms with Crippen LogP contribution in [0.3, 0.4) is 0 Å². The number of hydrogen-bond acceptors (Lipinski definition) is 5. The van der Waals surface area contributed by atoms with Crippen LogP contribution in [0.15, 0.2) is 42.5 Å². The van der Waals surface area contributed by atoms with Crippen LogP contribution in [0.5, 0.6) is 11.5 Å². The van der Waals surface area contributed by atoms with Crippen LogP contribution in [0.25, 0.3) is 6.08 Å². The Morgan fingerprint density at radius 2 is 2.04 bits per heavy atom. The van der Waals surface area contributed by atoms with Gasteiger partial charge in [-0.1, -0.05) is 23.7 Å². The van der Waals surface area contributed by atoms with Gasteiger partial charge in [-0.05, 0) is 42.3 Å². The van der Waals surface area contributed by atoms with Crippen molar-refractivity contribution in [2.24, 2.45) is 0 Å². The molecule has 2 aromatic rings. The minimum atomic E-state index is -0.556. The van der Waals surface area contributed by atoms with Crippen molar-refractivity contribution >= 4 is 29.3 Å². The lowest BCUT2D eigenvalue weighted by Gasteiger charge is -2.19. The van der Waals surface area contributed by atoms with Crippen LogP contribution in [0.2, 0.25) is 5.02 Å². The van der Waals surface area contributed by atoms with Gasteiger partial charge in [-0.15, -0.1) is 0 Å². The molecule has 0 N–H and O–H groups in total. The van der Waals surface area contributed by atoms with Gasteiger partial charge in [0, 0.05) is 25.2 Å². The summed E-state index contributed by atoms with van der Waals surface area (Å²) in [7, 11) is 0. The normalized spacial score (nSPS) is 12.4. The molecule has 27 heavy (non-hydrogen) atoms. The predicted octanol–water partition coefficient (Wildman–Crippen LogP) is 4.04. The van der Waals surface area contributed by atoms with Crippen LogP contribution in [0.4, 0.5) is 5.69 Å². The fourth-order valence-electron chi connectivity index (χ4n) is 2.65. The van der Waals surface area contributed by atoms with Crippen molar-refractivity contribution in [3.8, 4) is 11.5 Å². The summed E-state index contributed by atoms with van der Waals surface area (Å²) in [6.45, 7) is 3.01. The van der Waals surface area contributed by atoms with Crippen molar-refractivity contribution in [3.05, 3.63) is 68.7 Å². The van der Waals surface area contributed by atoms with Crippen molar-refractivity contribution in [2.75, 3.05) is 13.3 Å². The molecule has 7 nitrogen and oxygen atoms in total. The third-order valence-electron chi connectivity index (χ3n) is 4.09. The number of hydrogen-bond donors (Lipinski definition) is 0. The molecule has 0 spiro atoms. The molecule has 0 aliphatic carbocycles. The highest BCUT2D eigenvalue weighted by Crippen LogP contribution is 2.32. The van der Waals surface area contributed by atoms with Gasteiger partial charge in [-0.3, -0.25) is 14.9 Å². The third-order valence-corrected chi connectivity index (χ3v) is 4.41. The zero-order chi connectivity index (χ0) is 19.4. The van der Waals surface area contributed by atoms with Gasteiger partial charge in [0.1, 0.15) is 5.02 Å². The molecule has 1 aliphatic rings. The first-order valence-electron chi connectivity index (χ1n) is 8.27. The highest BCUT2D eigenvalue weighted by atomic mass is 35.5. The van der Waals surface area contributed by atoms with Crippen molar-refractivity contribution in [2.45, 2.75) is 13.5 Å². The van der Waals surface area contributed by atoms with Crippen molar-refractivity contribution < 1.29 is 19.2 Å². The van der Waals surface area contributed by atoms with E-state index in [1.54, 1.807) is 11.0 Å². The first-order valence-corrected chi connectivity index (χ1v) is 8.65. The first-order chi connectivity index (χ1) is 13.0. The van der Waals surface area contributed by atoms with Crippen LogP contribution in [0.1, 0.15) is 18.1 Å². The van der Waals surface area contributed by atoms with E-state index in [-0.39, 0.29) is 23.4 Å². The topological polar surface area (TPSA) is 81.9 Å². The second kappa shape index (κ2) is 8.09. The standard InChI is InChI=1S/C19H17ClN2O5/c1-2-21(11-14-4-7-17-18(10-14)27-12-26-17)19(23)8-5-13-3-6-15(20)16(9-13)22(24)25/h3-10H,2,11-12H2,1H3/b8-5+. The maximum absolute atomic E-state index is 12.5. The summed E-state index contributed by atoms with van der Waals surface area (Å²) in [6, 6.07) is 9.94. The Morgan fingerprint density at radius 1 is 1.26 bits per heavy atom. The number of ether oxygens (including phenoxy) is 2. The number of nitrogens with zero attached hydrogens (tertiary/aromatic N) is 2. The number of carbonyl (C=O) groups is 1. The lowest BCUT2D eigenvalue weighted by atomic mass is 10.1. The van der Waals surface area contributed by atoms with Crippen molar-refractivity contribution in [1.82, 2.24) is 4.90 Å². The number of halogens is 1. The number of fused-ring (bicyclic) bond motifs is 1. The average Bonchev–Trinajstić information content (AvgIpc) is 3.12. The Hall–Kier alpha value is -3.06. The van der Waals surface area contributed by atoms with Crippen LogP contribution >= 0.6 is 11.6 Å². The number of benzene rings is 2. The molecular weight excluding hydrogens is 372 g/mol. The Balaban J connectivity index is 1.71. The molecule has 0 bridgehead atoms. The lowest BCUT2D eigenvalue weighted by molar-refractivity contribution is -0.384. The van der Waals surface area contributed by atoms with E-state index in [9.17, 15) is 14.9 Å². The molecule has 2 aromatic carbocycles. The predicted molar refractivity (Wildman–Crippen MR) is 101 cm³/mol. The first kappa shape index (κ1) is 18.7. The van der Waals surface area contributed by atoms with Crippen LogP contribution in [-0.2, 0) is 11.3 Å². The van der Waals surface area contributed by atoms with Gasteiger partial charge in [0.25, 0.3) is 5.69 Å². The molecule has 140 valence electrons. The third kappa shape index (κ3) is 4.38. The maximum atomic E-state index is 12.5. The lowest BCUT2D eigenvalue weighted by Crippen LogP contribution is -2.28. The fourth-order valence-corrected chi connectivity index (χ4v) is 2.84. The maximum Gasteiger partial charge on any atom is 0.288 e. The highest BCUT2D eigenvalue weighted by Gasteiger charge is 2.16.